The van der Waals surface area contributed by atoms with E-state index < -0.39 is 18.0 Å². The molecule has 1 aromatic rings. The Kier molecular flexibility index (Phi) is 4.95. The number of nitrogens with zero attached hydrogens (tertiary/aromatic N) is 1. The molecular formula is C9H5F4NO2. The first-order valence-corrected chi connectivity index (χ1v) is 3.73. The van der Waals surface area contributed by atoms with E-state index in [1.54, 1.807) is 18.2 Å². The van der Waals surface area contributed by atoms with Crippen molar-refractivity contribution in [2.24, 2.45) is 0 Å². The number of benzene rings is 1. The fourth-order valence-corrected chi connectivity index (χ4v) is 0.552. The smallest absolute Gasteiger partial charge is 0.475 e. The van der Waals surface area contributed by atoms with Crippen molar-refractivity contribution in [3.8, 4) is 6.07 Å². The molecule has 0 spiro atoms. The lowest BCUT2D eigenvalue weighted by atomic mass is 10.2. The van der Waals surface area contributed by atoms with Gasteiger partial charge in [0, 0.05) is 0 Å². The fraction of sp³-hybridized carbons (Fsp3) is 0.111. The Balaban J connectivity index is 0.000000293. The summed E-state index contributed by atoms with van der Waals surface area (Å²) in [5, 5.41) is 15.4. The minimum Gasteiger partial charge on any atom is -0.475 e. The molecule has 0 aliphatic heterocycles. The summed E-state index contributed by atoms with van der Waals surface area (Å²) < 4.78 is 44.1. The number of carbonyl (C=O) groups is 1. The summed E-state index contributed by atoms with van der Waals surface area (Å²) in [4.78, 5) is 8.90. The van der Waals surface area contributed by atoms with Crippen molar-refractivity contribution in [3.63, 3.8) is 0 Å². The zero-order valence-electron chi connectivity index (χ0n) is 7.62. The highest BCUT2D eigenvalue weighted by atomic mass is 19.4. The Hall–Kier alpha value is -2.10. The molecule has 0 radical (unpaired) electrons. The molecule has 0 aliphatic rings. The monoisotopic (exact) mass is 235 g/mol. The standard InChI is InChI=1S/C7H4FN.C2HF3O2/c8-7-4-2-1-3-6(7)5-9;3-2(4,5)1(6)7/h1-4H;(H,6,7). The molecule has 0 saturated carbocycles. The quantitative estimate of drug-likeness (QED) is 0.702. The van der Waals surface area contributed by atoms with Crippen molar-refractivity contribution in [1.82, 2.24) is 0 Å². The van der Waals surface area contributed by atoms with E-state index in [-0.39, 0.29) is 5.56 Å². The van der Waals surface area contributed by atoms with E-state index >= 15 is 0 Å². The van der Waals surface area contributed by atoms with E-state index in [0.717, 1.165) is 0 Å². The predicted molar refractivity (Wildman–Crippen MR) is 44.8 cm³/mol. The van der Waals surface area contributed by atoms with Crippen LogP contribution in [0.4, 0.5) is 17.6 Å². The van der Waals surface area contributed by atoms with Gasteiger partial charge in [-0.15, -0.1) is 0 Å². The highest BCUT2D eigenvalue weighted by molar-refractivity contribution is 5.73. The summed E-state index contributed by atoms with van der Waals surface area (Å²) >= 11 is 0. The molecule has 16 heavy (non-hydrogen) atoms. The van der Waals surface area contributed by atoms with Gasteiger partial charge in [0.25, 0.3) is 0 Å². The van der Waals surface area contributed by atoms with Crippen LogP contribution >= 0.6 is 0 Å². The molecular weight excluding hydrogens is 230 g/mol. The molecule has 3 nitrogen and oxygen atoms in total. The van der Waals surface area contributed by atoms with Crippen LogP contribution in [0.3, 0.4) is 0 Å². The van der Waals surface area contributed by atoms with E-state index in [9.17, 15) is 17.6 Å². The van der Waals surface area contributed by atoms with Crippen molar-refractivity contribution in [1.29, 1.82) is 5.26 Å². The zero-order valence-corrected chi connectivity index (χ0v) is 7.62. The first kappa shape index (κ1) is 13.9. The Morgan fingerprint density at radius 1 is 1.31 bits per heavy atom. The number of aliphatic carboxylic acids is 1. The lowest BCUT2D eigenvalue weighted by molar-refractivity contribution is -0.192. The molecule has 1 aromatic carbocycles. The second kappa shape index (κ2) is 5.70. The first-order valence-electron chi connectivity index (χ1n) is 3.73. The average molecular weight is 235 g/mol. The highest BCUT2D eigenvalue weighted by Gasteiger charge is 2.38. The normalized spacial score (nSPS) is 9.69. The number of nitriles is 1. The van der Waals surface area contributed by atoms with E-state index in [4.69, 9.17) is 15.2 Å². The van der Waals surface area contributed by atoms with Crippen LogP contribution < -0.4 is 0 Å². The zero-order chi connectivity index (χ0) is 12.8. The van der Waals surface area contributed by atoms with Gasteiger partial charge in [-0.25, -0.2) is 9.18 Å². The molecule has 0 amide bonds. The maximum Gasteiger partial charge on any atom is 0.490 e. The third kappa shape index (κ3) is 4.95. The molecule has 86 valence electrons. The summed E-state index contributed by atoms with van der Waals surface area (Å²) in [6, 6.07) is 7.60. The van der Waals surface area contributed by atoms with Crippen molar-refractivity contribution in [2.45, 2.75) is 6.18 Å². The molecule has 0 unspecified atom stereocenters. The van der Waals surface area contributed by atoms with E-state index in [1.165, 1.54) is 12.1 Å². The SMILES string of the molecule is N#Cc1ccccc1F.O=C(O)C(F)(F)F. The lowest BCUT2D eigenvalue weighted by Crippen LogP contribution is -2.21. The number of alkyl halides is 3. The Labute approximate surface area is 87.5 Å². The first-order chi connectivity index (χ1) is 7.29. The van der Waals surface area contributed by atoms with Gasteiger partial charge in [0.15, 0.2) is 0 Å². The van der Waals surface area contributed by atoms with Crippen molar-refractivity contribution in [2.75, 3.05) is 0 Å². The van der Waals surface area contributed by atoms with Gasteiger partial charge in [0.2, 0.25) is 0 Å². The Bertz CT molecular complexity index is 409. The Morgan fingerprint density at radius 2 is 1.75 bits per heavy atom. The van der Waals surface area contributed by atoms with E-state index in [0.29, 0.717) is 0 Å². The summed E-state index contributed by atoms with van der Waals surface area (Å²) in [6.45, 7) is 0. The van der Waals surface area contributed by atoms with Gasteiger partial charge < -0.3 is 5.11 Å². The van der Waals surface area contributed by atoms with E-state index in [1.807, 2.05) is 0 Å². The number of hydrogen-bond donors (Lipinski definition) is 1. The number of hydrogen-bond acceptors (Lipinski definition) is 2. The molecule has 0 atom stereocenters. The molecule has 1 rings (SSSR count). The number of halogens is 4. The van der Waals surface area contributed by atoms with Gasteiger partial charge in [0.1, 0.15) is 11.9 Å². The van der Waals surface area contributed by atoms with Crippen molar-refractivity contribution >= 4 is 5.97 Å². The molecule has 1 N–H and O–H groups in total. The van der Waals surface area contributed by atoms with Crippen molar-refractivity contribution in [3.05, 3.63) is 35.6 Å². The fourth-order valence-electron chi connectivity index (χ4n) is 0.552. The molecule has 0 aliphatic carbocycles. The predicted octanol–water partition coefficient (Wildman–Crippen LogP) is 2.33. The van der Waals surface area contributed by atoms with Crippen LogP contribution in [-0.2, 0) is 4.79 Å². The summed E-state index contributed by atoms with van der Waals surface area (Å²) in [6.07, 6.45) is -5.08. The minimum atomic E-state index is -5.08. The molecule has 0 heterocycles. The number of carboxylic acids is 1. The van der Waals surface area contributed by atoms with E-state index in [2.05, 4.69) is 0 Å². The molecule has 0 saturated heterocycles. The van der Waals surface area contributed by atoms with Gasteiger partial charge in [0.05, 0.1) is 5.56 Å². The Morgan fingerprint density at radius 3 is 2.00 bits per heavy atom. The van der Waals surface area contributed by atoms with Crippen LogP contribution in [-0.4, -0.2) is 17.3 Å². The molecule has 0 aromatic heterocycles. The minimum absolute atomic E-state index is 0.0949. The van der Waals surface area contributed by atoms with Crippen LogP contribution in [0.1, 0.15) is 5.56 Å². The second-order valence-corrected chi connectivity index (χ2v) is 2.39. The third-order valence-electron chi connectivity index (χ3n) is 1.24. The largest absolute Gasteiger partial charge is 0.490 e. The second-order valence-electron chi connectivity index (χ2n) is 2.39. The number of carboxylic acid groups (broad SMARTS) is 1. The van der Waals surface area contributed by atoms with Gasteiger partial charge in [-0.1, -0.05) is 12.1 Å². The average Bonchev–Trinajstić information content (AvgIpc) is 2.18. The molecule has 7 heteroatoms. The van der Waals surface area contributed by atoms with Crippen molar-refractivity contribution < 1.29 is 27.5 Å². The highest BCUT2D eigenvalue weighted by Crippen LogP contribution is 2.13. The summed E-state index contributed by atoms with van der Waals surface area (Å²) in [7, 11) is 0. The van der Waals surface area contributed by atoms with Gasteiger partial charge >= 0.3 is 12.1 Å². The topological polar surface area (TPSA) is 61.1 Å². The van der Waals surface area contributed by atoms with Gasteiger partial charge in [-0.2, -0.15) is 18.4 Å². The molecule has 0 bridgehead atoms. The lowest BCUT2D eigenvalue weighted by Gasteiger charge is -1.93. The van der Waals surface area contributed by atoms with Crippen LogP contribution in [0.15, 0.2) is 24.3 Å². The van der Waals surface area contributed by atoms with Crippen LogP contribution in [0.25, 0.3) is 0 Å². The number of rotatable bonds is 0. The van der Waals surface area contributed by atoms with Gasteiger partial charge in [-0.05, 0) is 12.1 Å². The molecule has 0 fully saturated rings. The maximum atomic E-state index is 12.4. The third-order valence-corrected chi connectivity index (χ3v) is 1.24. The summed E-state index contributed by atoms with van der Waals surface area (Å²) in [5.74, 6) is -3.22. The summed E-state index contributed by atoms with van der Waals surface area (Å²) in [5.41, 5.74) is 0.0949. The maximum absolute atomic E-state index is 12.4. The van der Waals surface area contributed by atoms with Gasteiger partial charge in [-0.3, -0.25) is 0 Å². The van der Waals surface area contributed by atoms with Crippen LogP contribution in [0, 0.1) is 17.1 Å². The van der Waals surface area contributed by atoms with Crippen LogP contribution in [0.2, 0.25) is 0 Å². The van der Waals surface area contributed by atoms with Crippen LogP contribution in [0.5, 0.6) is 0 Å².